The van der Waals surface area contributed by atoms with E-state index in [1.165, 1.54) is 10.6 Å². The van der Waals surface area contributed by atoms with Crippen molar-refractivity contribution < 1.29 is 17.9 Å². The van der Waals surface area contributed by atoms with Crippen LogP contribution in [0.25, 0.3) is 0 Å². The monoisotopic (exact) mass is 404 g/mol. The van der Waals surface area contributed by atoms with Gasteiger partial charge in [0.15, 0.2) is 0 Å². The topological polar surface area (TPSA) is 75.7 Å². The second-order valence-corrected chi connectivity index (χ2v) is 8.58. The molecule has 0 aliphatic heterocycles. The number of para-hydroxylation sites is 1. The highest BCUT2D eigenvalue weighted by atomic mass is 32.2. The van der Waals surface area contributed by atoms with Crippen LogP contribution in [0, 0.1) is 13.8 Å². The second kappa shape index (κ2) is 10.1. The number of carbonyl (C=O) groups is 1. The van der Waals surface area contributed by atoms with Gasteiger partial charge in [-0.3, -0.25) is 9.10 Å². The first-order valence-corrected chi connectivity index (χ1v) is 11.1. The highest BCUT2D eigenvalue weighted by Crippen LogP contribution is 2.25. The Morgan fingerprint density at radius 2 is 1.79 bits per heavy atom. The summed E-state index contributed by atoms with van der Waals surface area (Å²) >= 11 is 0. The number of rotatable bonds is 10. The van der Waals surface area contributed by atoms with Crippen molar-refractivity contribution in [2.45, 2.75) is 26.7 Å². The molecular formula is C21H28N2O4S. The third-order valence-corrected chi connectivity index (χ3v) is 5.63. The molecule has 7 heteroatoms. The number of carbonyl (C=O) groups excluding carboxylic acids is 1. The van der Waals surface area contributed by atoms with E-state index in [-0.39, 0.29) is 18.9 Å². The van der Waals surface area contributed by atoms with Crippen LogP contribution in [0.5, 0.6) is 5.75 Å². The van der Waals surface area contributed by atoms with Gasteiger partial charge >= 0.3 is 0 Å². The van der Waals surface area contributed by atoms with Gasteiger partial charge < -0.3 is 10.1 Å². The molecule has 0 spiro atoms. The molecule has 0 aromatic heterocycles. The van der Waals surface area contributed by atoms with E-state index in [4.69, 9.17) is 4.74 Å². The molecule has 2 rings (SSSR count). The maximum Gasteiger partial charge on any atom is 0.232 e. The highest BCUT2D eigenvalue weighted by Gasteiger charge is 2.19. The molecule has 6 nitrogen and oxygen atoms in total. The Labute approximate surface area is 167 Å². The zero-order valence-electron chi connectivity index (χ0n) is 16.6. The molecule has 2 aromatic rings. The molecule has 1 N–H and O–H groups in total. The number of ether oxygens (including phenoxy) is 1. The summed E-state index contributed by atoms with van der Waals surface area (Å²) < 4.78 is 31.4. The Morgan fingerprint density at radius 1 is 1.07 bits per heavy atom. The molecular weight excluding hydrogens is 376 g/mol. The fourth-order valence-corrected chi connectivity index (χ4v) is 3.83. The first kappa shape index (κ1) is 21.8. The summed E-state index contributed by atoms with van der Waals surface area (Å²) in [4.78, 5) is 12.0. The van der Waals surface area contributed by atoms with Gasteiger partial charge in [-0.1, -0.05) is 30.3 Å². The van der Waals surface area contributed by atoms with Crippen LogP contribution in [0.2, 0.25) is 0 Å². The minimum atomic E-state index is -3.43. The summed E-state index contributed by atoms with van der Waals surface area (Å²) in [6, 6.07) is 15.0. The zero-order valence-corrected chi connectivity index (χ0v) is 17.5. The van der Waals surface area contributed by atoms with Gasteiger partial charge in [0, 0.05) is 13.0 Å². The van der Waals surface area contributed by atoms with Crippen molar-refractivity contribution in [1.29, 1.82) is 0 Å². The van der Waals surface area contributed by atoms with Crippen LogP contribution < -0.4 is 14.4 Å². The Morgan fingerprint density at radius 3 is 2.46 bits per heavy atom. The number of sulfonamides is 1. The fourth-order valence-electron chi connectivity index (χ4n) is 2.82. The third-order valence-electron chi connectivity index (χ3n) is 4.45. The Kier molecular flexibility index (Phi) is 7.87. The molecule has 0 aliphatic rings. The van der Waals surface area contributed by atoms with E-state index in [1.807, 2.05) is 56.3 Å². The van der Waals surface area contributed by atoms with Crippen molar-refractivity contribution >= 4 is 21.6 Å². The lowest BCUT2D eigenvalue weighted by Gasteiger charge is -2.24. The summed E-state index contributed by atoms with van der Waals surface area (Å²) in [5.41, 5.74) is 2.62. The van der Waals surface area contributed by atoms with Crippen molar-refractivity contribution in [3.63, 3.8) is 0 Å². The van der Waals surface area contributed by atoms with Gasteiger partial charge in [-0.15, -0.1) is 0 Å². The first-order valence-electron chi connectivity index (χ1n) is 9.27. The van der Waals surface area contributed by atoms with Crippen LogP contribution in [0.15, 0.2) is 48.5 Å². The van der Waals surface area contributed by atoms with E-state index in [0.29, 0.717) is 25.3 Å². The molecule has 28 heavy (non-hydrogen) atoms. The van der Waals surface area contributed by atoms with Gasteiger partial charge in [-0.2, -0.15) is 0 Å². The largest absolute Gasteiger partial charge is 0.492 e. The second-order valence-electron chi connectivity index (χ2n) is 6.67. The van der Waals surface area contributed by atoms with E-state index in [9.17, 15) is 13.2 Å². The van der Waals surface area contributed by atoms with Gasteiger partial charge in [-0.05, 0) is 49.6 Å². The number of hydrogen-bond donors (Lipinski definition) is 1. The maximum absolute atomic E-state index is 12.2. The van der Waals surface area contributed by atoms with E-state index >= 15 is 0 Å². The molecule has 0 unspecified atom stereocenters. The number of hydrogen-bond acceptors (Lipinski definition) is 4. The standard InChI is InChI=1S/C21H28N2O4S/c1-17-9-7-12-20(18(17)2)23(28(3,25)26)15-8-13-21(24)22-14-16-27-19-10-5-4-6-11-19/h4-7,9-12H,8,13-16H2,1-3H3,(H,22,24). The molecule has 0 saturated carbocycles. The average molecular weight is 405 g/mol. The quantitative estimate of drug-likeness (QED) is 0.618. The number of nitrogens with zero attached hydrogens (tertiary/aromatic N) is 1. The van der Waals surface area contributed by atoms with Crippen LogP contribution in [0.1, 0.15) is 24.0 Å². The minimum Gasteiger partial charge on any atom is -0.492 e. The molecule has 0 aliphatic carbocycles. The average Bonchev–Trinajstić information content (AvgIpc) is 2.65. The first-order chi connectivity index (χ1) is 13.3. The number of aryl methyl sites for hydroxylation is 1. The van der Waals surface area contributed by atoms with Crippen LogP contribution in [-0.2, 0) is 14.8 Å². The Bertz CT molecular complexity index is 883. The summed E-state index contributed by atoms with van der Waals surface area (Å²) in [5, 5.41) is 2.79. The molecule has 0 saturated heterocycles. The van der Waals surface area contributed by atoms with Crippen LogP contribution in [-0.4, -0.2) is 40.3 Å². The molecule has 0 heterocycles. The van der Waals surface area contributed by atoms with E-state index in [0.717, 1.165) is 16.9 Å². The van der Waals surface area contributed by atoms with Crippen LogP contribution in [0.4, 0.5) is 5.69 Å². The van der Waals surface area contributed by atoms with Gasteiger partial charge in [0.2, 0.25) is 15.9 Å². The summed E-state index contributed by atoms with van der Waals surface area (Å²) in [6.45, 7) is 4.90. The Hall–Kier alpha value is -2.54. The van der Waals surface area contributed by atoms with Crippen molar-refractivity contribution in [2.75, 3.05) is 30.3 Å². The molecule has 152 valence electrons. The maximum atomic E-state index is 12.2. The van der Waals surface area contributed by atoms with Crippen molar-refractivity contribution in [3.05, 3.63) is 59.7 Å². The molecule has 1 amide bonds. The molecule has 0 bridgehead atoms. The lowest BCUT2D eigenvalue weighted by molar-refractivity contribution is -0.121. The molecule has 0 fully saturated rings. The zero-order chi connectivity index (χ0) is 20.6. The van der Waals surface area contributed by atoms with Crippen molar-refractivity contribution in [2.24, 2.45) is 0 Å². The van der Waals surface area contributed by atoms with Gasteiger partial charge in [0.25, 0.3) is 0 Å². The van der Waals surface area contributed by atoms with Gasteiger partial charge in [-0.25, -0.2) is 8.42 Å². The summed E-state index contributed by atoms with van der Waals surface area (Å²) in [7, 11) is -3.43. The molecule has 0 atom stereocenters. The predicted octanol–water partition coefficient (Wildman–Crippen LogP) is 3.04. The minimum absolute atomic E-state index is 0.119. The number of nitrogens with one attached hydrogen (secondary N) is 1. The predicted molar refractivity (Wildman–Crippen MR) is 112 cm³/mol. The Balaban J connectivity index is 1.80. The van der Waals surface area contributed by atoms with E-state index < -0.39 is 10.0 Å². The van der Waals surface area contributed by atoms with Gasteiger partial charge in [0.1, 0.15) is 12.4 Å². The SMILES string of the molecule is Cc1cccc(N(CCCC(=O)NCCOc2ccccc2)S(C)(=O)=O)c1C. The number of benzene rings is 2. The molecule has 2 aromatic carbocycles. The van der Waals surface area contributed by atoms with Crippen molar-refractivity contribution in [3.8, 4) is 5.75 Å². The molecule has 0 radical (unpaired) electrons. The lowest BCUT2D eigenvalue weighted by atomic mass is 10.1. The van der Waals surface area contributed by atoms with Crippen molar-refractivity contribution in [1.82, 2.24) is 5.32 Å². The number of anilines is 1. The van der Waals surface area contributed by atoms with Crippen LogP contribution in [0.3, 0.4) is 0 Å². The fraction of sp³-hybridized carbons (Fsp3) is 0.381. The number of amides is 1. The lowest BCUT2D eigenvalue weighted by Crippen LogP contribution is -2.33. The highest BCUT2D eigenvalue weighted by molar-refractivity contribution is 7.92. The normalized spacial score (nSPS) is 11.1. The third kappa shape index (κ3) is 6.56. The summed E-state index contributed by atoms with van der Waals surface area (Å²) in [5.74, 6) is 0.639. The van der Waals surface area contributed by atoms with E-state index in [1.54, 1.807) is 6.07 Å². The van der Waals surface area contributed by atoms with Crippen LogP contribution >= 0.6 is 0 Å². The van der Waals surface area contributed by atoms with E-state index in [2.05, 4.69) is 5.32 Å². The summed E-state index contributed by atoms with van der Waals surface area (Å²) in [6.07, 6.45) is 1.88. The smallest absolute Gasteiger partial charge is 0.232 e. The van der Waals surface area contributed by atoms with Gasteiger partial charge in [0.05, 0.1) is 18.5 Å².